The van der Waals surface area contributed by atoms with E-state index in [1.54, 1.807) is 12.1 Å². The maximum absolute atomic E-state index is 11.5. The van der Waals surface area contributed by atoms with Crippen molar-refractivity contribution in [3.05, 3.63) is 29.8 Å². The van der Waals surface area contributed by atoms with Crippen LogP contribution in [0.5, 0.6) is 0 Å². The van der Waals surface area contributed by atoms with Crippen LogP contribution in [0.2, 0.25) is 0 Å². The molecule has 0 aliphatic rings. The van der Waals surface area contributed by atoms with Crippen molar-refractivity contribution in [3.8, 4) is 0 Å². The van der Waals surface area contributed by atoms with Crippen molar-refractivity contribution in [1.29, 1.82) is 0 Å². The van der Waals surface area contributed by atoms with Gasteiger partial charge >= 0.3 is 5.97 Å². The topological polar surface area (TPSA) is 122 Å². The Hall–Kier alpha value is -2.41. The van der Waals surface area contributed by atoms with Gasteiger partial charge in [-0.1, -0.05) is 0 Å². The zero-order valence-corrected chi connectivity index (χ0v) is 10.2. The number of anilines is 1. The Kier molecular flexibility index (Phi) is 5.49. The summed E-state index contributed by atoms with van der Waals surface area (Å²) in [5, 5.41) is 13.3. The largest absolute Gasteiger partial charge is 0.480 e. The number of carbonyl (C=O) groups is 3. The van der Waals surface area contributed by atoms with E-state index in [0.717, 1.165) is 0 Å². The SMILES string of the molecule is NCCC(=O)Nc1ccc(C(=O)NCC(=O)O)cc1. The average molecular weight is 265 g/mol. The van der Waals surface area contributed by atoms with E-state index in [1.165, 1.54) is 12.1 Å². The molecule has 19 heavy (non-hydrogen) atoms. The van der Waals surface area contributed by atoms with Gasteiger partial charge in [0, 0.05) is 24.2 Å². The second-order valence-corrected chi connectivity index (χ2v) is 3.74. The Labute approximate surface area is 109 Å². The molecule has 7 heteroatoms. The van der Waals surface area contributed by atoms with Crippen molar-refractivity contribution < 1.29 is 19.5 Å². The molecule has 0 saturated carbocycles. The van der Waals surface area contributed by atoms with Crippen molar-refractivity contribution in [3.63, 3.8) is 0 Å². The lowest BCUT2D eigenvalue weighted by atomic mass is 10.2. The highest BCUT2D eigenvalue weighted by Gasteiger charge is 2.07. The third-order valence-electron chi connectivity index (χ3n) is 2.20. The predicted molar refractivity (Wildman–Crippen MR) is 68.7 cm³/mol. The van der Waals surface area contributed by atoms with Gasteiger partial charge in [-0.3, -0.25) is 14.4 Å². The summed E-state index contributed by atoms with van der Waals surface area (Å²) < 4.78 is 0. The van der Waals surface area contributed by atoms with E-state index in [9.17, 15) is 14.4 Å². The van der Waals surface area contributed by atoms with Gasteiger partial charge in [0.15, 0.2) is 0 Å². The zero-order valence-electron chi connectivity index (χ0n) is 10.2. The maximum Gasteiger partial charge on any atom is 0.322 e. The molecule has 7 nitrogen and oxygen atoms in total. The molecule has 0 bridgehead atoms. The number of hydrogen-bond donors (Lipinski definition) is 4. The number of hydrogen-bond acceptors (Lipinski definition) is 4. The highest BCUT2D eigenvalue weighted by Crippen LogP contribution is 2.09. The van der Waals surface area contributed by atoms with Gasteiger partial charge in [0.1, 0.15) is 6.54 Å². The van der Waals surface area contributed by atoms with Crippen molar-refractivity contribution in [2.24, 2.45) is 5.73 Å². The van der Waals surface area contributed by atoms with E-state index < -0.39 is 18.4 Å². The predicted octanol–water partition coefficient (Wildman–Crippen LogP) is -0.212. The minimum Gasteiger partial charge on any atom is -0.480 e. The molecule has 0 spiro atoms. The molecule has 0 atom stereocenters. The summed E-state index contributed by atoms with van der Waals surface area (Å²) in [5.41, 5.74) is 6.11. The molecule has 0 saturated heterocycles. The number of carboxylic acid groups (broad SMARTS) is 1. The average Bonchev–Trinajstić information content (AvgIpc) is 2.37. The van der Waals surface area contributed by atoms with E-state index >= 15 is 0 Å². The molecule has 1 aromatic rings. The summed E-state index contributed by atoms with van der Waals surface area (Å²) in [6.07, 6.45) is 0.223. The second-order valence-electron chi connectivity index (χ2n) is 3.74. The summed E-state index contributed by atoms with van der Waals surface area (Å²) >= 11 is 0. The van der Waals surface area contributed by atoms with Crippen LogP contribution in [0.15, 0.2) is 24.3 Å². The first-order chi connectivity index (χ1) is 9.02. The summed E-state index contributed by atoms with van der Waals surface area (Å²) in [6.45, 7) is -0.171. The third kappa shape index (κ3) is 5.17. The van der Waals surface area contributed by atoms with Gasteiger partial charge in [-0.15, -0.1) is 0 Å². The van der Waals surface area contributed by atoms with Crippen LogP contribution in [0.4, 0.5) is 5.69 Å². The van der Waals surface area contributed by atoms with Gasteiger partial charge in [0.2, 0.25) is 5.91 Å². The smallest absolute Gasteiger partial charge is 0.322 e. The van der Waals surface area contributed by atoms with Crippen LogP contribution in [-0.4, -0.2) is 36.0 Å². The quantitative estimate of drug-likeness (QED) is 0.567. The molecule has 0 aromatic heterocycles. The number of carboxylic acids is 1. The van der Waals surface area contributed by atoms with E-state index in [2.05, 4.69) is 10.6 Å². The Morgan fingerprint density at radius 3 is 2.32 bits per heavy atom. The first-order valence-corrected chi connectivity index (χ1v) is 5.63. The van der Waals surface area contributed by atoms with Crippen molar-refractivity contribution in [2.75, 3.05) is 18.4 Å². The monoisotopic (exact) mass is 265 g/mol. The van der Waals surface area contributed by atoms with E-state index in [4.69, 9.17) is 10.8 Å². The fourth-order valence-electron chi connectivity index (χ4n) is 1.32. The normalized spacial score (nSPS) is 9.74. The van der Waals surface area contributed by atoms with Crippen molar-refractivity contribution in [2.45, 2.75) is 6.42 Å². The fourth-order valence-corrected chi connectivity index (χ4v) is 1.32. The number of nitrogens with one attached hydrogen (secondary N) is 2. The first-order valence-electron chi connectivity index (χ1n) is 5.63. The molecule has 0 unspecified atom stereocenters. The van der Waals surface area contributed by atoms with Gasteiger partial charge in [-0.25, -0.2) is 0 Å². The van der Waals surface area contributed by atoms with E-state index in [1.807, 2.05) is 0 Å². The van der Waals surface area contributed by atoms with Crippen LogP contribution in [0.3, 0.4) is 0 Å². The number of aliphatic carboxylic acids is 1. The van der Waals surface area contributed by atoms with Crippen LogP contribution in [0.1, 0.15) is 16.8 Å². The number of benzene rings is 1. The Morgan fingerprint density at radius 2 is 1.79 bits per heavy atom. The maximum atomic E-state index is 11.5. The molecular weight excluding hydrogens is 250 g/mol. The minimum absolute atomic E-state index is 0.203. The standard InChI is InChI=1S/C12H15N3O4/c13-6-5-10(16)15-9-3-1-8(2-4-9)12(19)14-7-11(17)18/h1-4H,5-7,13H2,(H,14,19)(H,15,16)(H,17,18). The Bertz CT molecular complexity index is 470. The van der Waals surface area contributed by atoms with Crippen molar-refractivity contribution in [1.82, 2.24) is 5.32 Å². The molecule has 1 aromatic carbocycles. The fraction of sp³-hybridized carbons (Fsp3) is 0.250. The van der Waals surface area contributed by atoms with Gasteiger partial charge in [0.05, 0.1) is 0 Å². The lowest BCUT2D eigenvalue weighted by Gasteiger charge is -2.06. The van der Waals surface area contributed by atoms with Gasteiger partial charge in [0.25, 0.3) is 5.91 Å². The highest BCUT2D eigenvalue weighted by molar-refractivity contribution is 5.97. The molecule has 102 valence electrons. The van der Waals surface area contributed by atoms with Crippen LogP contribution < -0.4 is 16.4 Å². The van der Waals surface area contributed by atoms with Crippen LogP contribution >= 0.6 is 0 Å². The number of amides is 2. The van der Waals surface area contributed by atoms with Crippen LogP contribution in [0, 0.1) is 0 Å². The number of rotatable bonds is 6. The second kappa shape index (κ2) is 7.12. The highest BCUT2D eigenvalue weighted by atomic mass is 16.4. The summed E-state index contributed by atoms with van der Waals surface area (Å²) in [6, 6.07) is 6.11. The molecule has 0 aliphatic heterocycles. The summed E-state index contributed by atoms with van der Waals surface area (Å²) in [4.78, 5) is 33.1. The van der Waals surface area contributed by atoms with Crippen LogP contribution in [-0.2, 0) is 9.59 Å². The number of carbonyl (C=O) groups excluding carboxylic acids is 2. The number of nitrogens with two attached hydrogens (primary N) is 1. The molecule has 1 rings (SSSR count). The molecular formula is C12H15N3O4. The molecule has 2 amide bonds. The van der Waals surface area contributed by atoms with E-state index in [0.29, 0.717) is 11.3 Å². The lowest BCUT2D eigenvalue weighted by Crippen LogP contribution is -2.29. The first kappa shape index (κ1) is 14.7. The minimum atomic E-state index is -1.11. The zero-order chi connectivity index (χ0) is 14.3. The molecule has 0 radical (unpaired) electrons. The van der Waals surface area contributed by atoms with Gasteiger partial charge in [-0.2, -0.15) is 0 Å². The lowest BCUT2D eigenvalue weighted by molar-refractivity contribution is -0.135. The van der Waals surface area contributed by atoms with Crippen LogP contribution in [0.25, 0.3) is 0 Å². The summed E-state index contributed by atoms with van der Waals surface area (Å²) in [7, 11) is 0. The Balaban J connectivity index is 2.58. The third-order valence-corrected chi connectivity index (χ3v) is 2.20. The van der Waals surface area contributed by atoms with Gasteiger partial charge < -0.3 is 21.5 Å². The molecule has 0 heterocycles. The molecule has 0 fully saturated rings. The molecule has 0 aliphatic carbocycles. The van der Waals surface area contributed by atoms with Gasteiger partial charge in [-0.05, 0) is 24.3 Å². The Morgan fingerprint density at radius 1 is 1.16 bits per heavy atom. The van der Waals surface area contributed by atoms with E-state index in [-0.39, 0.29) is 18.9 Å². The molecule has 5 N–H and O–H groups in total. The summed E-state index contributed by atoms with van der Waals surface area (Å²) in [5.74, 6) is -1.80. The van der Waals surface area contributed by atoms with Crippen molar-refractivity contribution >= 4 is 23.5 Å².